The lowest BCUT2D eigenvalue weighted by Gasteiger charge is -2.22. The van der Waals surface area contributed by atoms with Gasteiger partial charge < -0.3 is 10.5 Å². The Morgan fingerprint density at radius 2 is 2.21 bits per heavy atom. The van der Waals surface area contributed by atoms with Gasteiger partial charge in [0.05, 0.1) is 16.1 Å². The van der Waals surface area contributed by atoms with Crippen molar-refractivity contribution in [3.05, 3.63) is 34.1 Å². The monoisotopic (exact) mass is 348 g/mol. The minimum Gasteiger partial charge on any atom is -0.393 e. The Morgan fingerprint density at radius 3 is 2.84 bits per heavy atom. The van der Waals surface area contributed by atoms with Crippen LogP contribution in [0.2, 0.25) is 0 Å². The summed E-state index contributed by atoms with van der Waals surface area (Å²) >= 11 is 8.16. The van der Waals surface area contributed by atoms with Gasteiger partial charge in [0.25, 0.3) is 0 Å². The summed E-state index contributed by atoms with van der Waals surface area (Å²) in [6.45, 7) is 2.73. The molecule has 0 spiro atoms. The molecule has 0 radical (unpaired) electrons. The number of rotatable bonds is 8. The largest absolute Gasteiger partial charge is 0.393 e. The van der Waals surface area contributed by atoms with Crippen LogP contribution in [0.15, 0.2) is 22.7 Å². The van der Waals surface area contributed by atoms with E-state index in [1.165, 1.54) is 6.07 Å². The lowest BCUT2D eigenvalue weighted by atomic mass is 10.2. The van der Waals surface area contributed by atoms with Crippen LogP contribution in [-0.4, -0.2) is 36.7 Å². The minimum atomic E-state index is -0.251. The molecule has 0 heterocycles. The molecule has 0 aliphatic heterocycles. The van der Waals surface area contributed by atoms with Crippen molar-refractivity contribution in [3.63, 3.8) is 0 Å². The molecular weight excluding hydrogens is 331 g/mol. The molecule has 19 heavy (non-hydrogen) atoms. The first-order valence-electron chi connectivity index (χ1n) is 5.97. The Hall–Kier alpha value is -0.560. The van der Waals surface area contributed by atoms with Gasteiger partial charge in [-0.3, -0.25) is 4.90 Å². The third-order valence-electron chi connectivity index (χ3n) is 2.71. The highest BCUT2D eigenvalue weighted by Gasteiger charge is 2.11. The molecule has 0 saturated heterocycles. The highest BCUT2D eigenvalue weighted by molar-refractivity contribution is 9.10. The van der Waals surface area contributed by atoms with Gasteiger partial charge in [0.2, 0.25) is 0 Å². The van der Waals surface area contributed by atoms with Gasteiger partial charge in [0.15, 0.2) is 0 Å². The molecule has 0 aliphatic rings. The molecule has 0 atom stereocenters. The zero-order chi connectivity index (χ0) is 14.3. The molecule has 2 N–H and O–H groups in total. The predicted octanol–water partition coefficient (Wildman–Crippen LogP) is 2.71. The summed E-state index contributed by atoms with van der Waals surface area (Å²) in [5.74, 6) is -0.251. The molecule has 0 amide bonds. The van der Waals surface area contributed by atoms with E-state index in [0.717, 1.165) is 18.7 Å². The Morgan fingerprint density at radius 1 is 1.47 bits per heavy atom. The molecule has 106 valence electrons. The number of methoxy groups -OCH3 is 1. The second-order valence-corrected chi connectivity index (χ2v) is 5.52. The van der Waals surface area contributed by atoms with E-state index in [1.807, 2.05) is 6.07 Å². The van der Waals surface area contributed by atoms with Crippen LogP contribution >= 0.6 is 28.1 Å². The van der Waals surface area contributed by atoms with Gasteiger partial charge in [0.1, 0.15) is 5.82 Å². The fraction of sp³-hybridized carbons (Fsp3) is 0.462. The van der Waals surface area contributed by atoms with Crippen molar-refractivity contribution in [1.82, 2.24) is 4.90 Å². The topological polar surface area (TPSA) is 38.5 Å². The number of nitrogens with zero attached hydrogens (tertiary/aromatic N) is 1. The smallest absolute Gasteiger partial charge is 0.137 e. The first-order chi connectivity index (χ1) is 9.04. The highest BCUT2D eigenvalue weighted by atomic mass is 79.9. The number of thiocarbonyl (C=S) groups is 1. The number of benzene rings is 1. The average Bonchev–Trinajstić information content (AvgIpc) is 2.37. The van der Waals surface area contributed by atoms with E-state index in [4.69, 9.17) is 22.7 Å². The van der Waals surface area contributed by atoms with Crippen molar-refractivity contribution in [1.29, 1.82) is 0 Å². The molecule has 1 rings (SSSR count). The quantitative estimate of drug-likeness (QED) is 0.733. The zero-order valence-corrected chi connectivity index (χ0v) is 13.3. The summed E-state index contributed by atoms with van der Waals surface area (Å²) in [7, 11) is 1.66. The standard InChI is InChI=1S/C13H18BrFN2OS/c1-18-8-7-17(6-5-12(16)19)9-10-3-2-4-11(15)13(10)14/h2-4H,5-9H2,1H3,(H2,16,19). The van der Waals surface area contributed by atoms with E-state index in [2.05, 4.69) is 20.8 Å². The molecular formula is C13H18BrFN2OS. The van der Waals surface area contributed by atoms with Gasteiger partial charge in [-0.25, -0.2) is 4.39 Å². The van der Waals surface area contributed by atoms with Crippen molar-refractivity contribution >= 4 is 33.1 Å². The third kappa shape index (κ3) is 5.95. The number of hydrogen-bond donors (Lipinski definition) is 1. The van der Waals surface area contributed by atoms with E-state index >= 15 is 0 Å². The van der Waals surface area contributed by atoms with E-state index < -0.39 is 0 Å². The summed E-state index contributed by atoms with van der Waals surface area (Å²) in [6, 6.07) is 5.04. The van der Waals surface area contributed by atoms with Crippen molar-refractivity contribution < 1.29 is 9.13 Å². The van der Waals surface area contributed by atoms with Gasteiger partial charge in [-0.2, -0.15) is 0 Å². The van der Waals surface area contributed by atoms with Crippen molar-refractivity contribution in [3.8, 4) is 0 Å². The van der Waals surface area contributed by atoms with E-state index in [0.29, 0.717) is 29.0 Å². The van der Waals surface area contributed by atoms with Crippen LogP contribution in [0.25, 0.3) is 0 Å². The van der Waals surface area contributed by atoms with Gasteiger partial charge in [-0.1, -0.05) is 24.4 Å². The molecule has 0 fully saturated rings. The summed E-state index contributed by atoms with van der Waals surface area (Å²) in [5.41, 5.74) is 6.42. The summed E-state index contributed by atoms with van der Waals surface area (Å²) < 4.78 is 19.1. The second-order valence-electron chi connectivity index (χ2n) is 4.20. The lowest BCUT2D eigenvalue weighted by Crippen LogP contribution is -2.30. The molecule has 0 saturated carbocycles. The van der Waals surface area contributed by atoms with Crippen molar-refractivity contribution in [2.75, 3.05) is 26.8 Å². The first-order valence-corrected chi connectivity index (χ1v) is 7.17. The summed E-state index contributed by atoms with van der Waals surface area (Å²) in [5, 5.41) is 0. The van der Waals surface area contributed by atoms with Crippen LogP contribution in [0.1, 0.15) is 12.0 Å². The first kappa shape index (κ1) is 16.5. The van der Waals surface area contributed by atoms with Gasteiger partial charge in [-0.15, -0.1) is 0 Å². The van der Waals surface area contributed by atoms with Crippen molar-refractivity contribution in [2.24, 2.45) is 5.73 Å². The fourth-order valence-corrected chi connectivity index (χ4v) is 2.15. The minimum absolute atomic E-state index is 0.251. The fourth-order valence-electron chi connectivity index (χ4n) is 1.67. The maximum absolute atomic E-state index is 13.5. The van der Waals surface area contributed by atoms with Gasteiger partial charge in [-0.05, 0) is 27.6 Å². The van der Waals surface area contributed by atoms with Crippen LogP contribution in [0.5, 0.6) is 0 Å². The average molecular weight is 349 g/mol. The maximum atomic E-state index is 13.5. The second kappa shape index (κ2) is 8.58. The Kier molecular flexibility index (Phi) is 7.45. The summed E-state index contributed by atoms with van der Waals surface area (Å²) in [6.07, 6.45) is 0.645. The zero-order valence-electron chi connectivity index (χ0n) is 10.9. The number of halogens is 2. The number of nitrogens with two attached hydrogens (primary N) is 1. The number of hydrogen-bond acceptors (Lipinski definition) is 3. The molecule has 0 aromatic heterocycles. The highest BCUT2D eigenvalue weighted by Crippen LogP contribution is 2.21. The summed E-state index contributed by atoms with van der Waals surface area (Å²) in [4.78, 5) is 2.63. The molecule has 1 aromatic rings. The van der Waals surface area contributed by atoms with Crippen LogP contribution in [0.4, 0.5) is 4.39 Å². The molecule has 0 aliphatic carbocycles. The van der Waals surface area contributed by atoms with Crippen LogP contribution in [0, 0.1) is 5.82 Å². The molecule has 1 aromatic carbocycles. The lowest BCUT2D eigenvalue weighted by molar-refractivity contribution is 0.145. The van der Waals surface area contributed by atoms with Crippen LogP contribution in [0.3, 0.4) is 0 Å². The SMILES string of the molecule is COCCN(CCC(N)=S)Cc1cccc(F)c1Br. The predicted molar refractivity (Wildman–Crippen MR) is 82.7 cm³/mol. The Bertz CT molecular complexity index is 431. The molecule has 3 nitrogen and oxygen atoms in total. The molecule has 6 heteroatoms. The normalized spacial score (nSPS) is 10.9. The van der Waals surface area contributed by atoms with Crippen LogP contribution in [-0.2, 0) is 11.3 Å². The Balaban J connectivity index is 2.69. The van der Waals surface area contributed by atoms with Crippen molar-refractivity contribution in [2.45, 2.75) is 13.0 Å². The third-order valence-corrected chi connectivity index (χ3v) is 3.80. The van der Waals surface area contributed by atoms with Crippen LogP contribution < -0.4 is 5.73 Å². The number of ether oxygens (including phenoxy) is 1. The molecule has 0 unspecified atom stereocenters. The van der Waals surface area contributed by atoms with E-state index in [1.54, 1.807) is 13.2 Å². The van der Waals surface area contributed by atoms with Gasteiger partial charge >= 0.3 is 0 Å². The maximum Gasteiger partial charge on any atom is 0.137 e. The van der Waals surface area contributed by atoms with E-state index in [-0.39, 0.29) is 5.82 Å². The van der Waals surface area contributed by atoms with Gasteiger partial charge in [0, 0.05) is 33.2 Å². The Labute approximate surface area is 127 Å². The van der Waals surface area contributed by atoms with E-state index in [9.17, 15) is 4.39 Å². The molecule has 0 bridgehead atoms.